The molecule has 0 spiro atoms. The van der Waals surface area contributed by atoms with E-state index in [-0.39, 0.29) is 4.90 Å². The van der Waals surface area contributed by atoms with Crippen molar-refractivity contribution in [3.05, 3.63) is 29.3 Å². The minimum absolute atomic E-state index is 0.138. The zero-order chi connectivity index (χ0) is 15.2. The molecule has 0 aliphatic rings. The maximum Gasteiger partial charge on any atom is 0.338 e. The van der Waals surface area contributed by atoms with Crippen LogP contribution >= 0.6 is 0 Å². The molecule has 0 fully saturated rings. The molecule has 7 heteroatoms. The summed E-state index contributed by atoms with van der Waals surface area (Å²) in [6.07, 6.45) is 0. The summed E-state index contributed by atoms with van der Waals surface area (Å²) in [5, 5.41) is 3.03. The molecule has 0 saturated heterocycles. The minimum atomic E-state index is -3.55. The van der Waals surface area contributed by atoms with Gasteiger partial charge in [-0.2, -0.15) is 0 Å². The molecule has 20 heavy (non-hydrogen) atoms. The van der Waals surface area contributed by atoms with Gasteiger partial charge in [-0.15, -0.1) is 0 Å². The summed E-state index contributed by atoms with van der Waals surface area (Å²) < 4.78 is 31.2. The van der Waals surface area contributed by atoms with Gasteiger partial charge >= 0.3 is 5.97 Å². The van der Waals surface area contributed by atoms with Crippen LogP contribution in [0.5, 0.6) is 0 Å². The zero-order valence-electron chi connectivity index (χ0n) is 11.9. The highest BCUT2D eigenvalue weighted by atomic mass is 32.2. The van der Waals surface area contributed by atoms with E-state index in [4.69, 9.17) is 0 Å². The fourth-order valence-electron chi connectivity index (χ4n) is 1.68. The highest BCUT2D eigenvalue weighted by Crippen LogP contribution is 2.16. The Bertz CT molecular complexity index is 570. The number of hydrogen-bond acceptors (Lipinski definition) is 5. The number of carbonyl (C=O) groups is 1. The van der Waals surface area contributed by atoms with Crippen LogP contribution in [0.2, 0.25) is 0 Å². The summed E-state index contributed by atoms with van der Waals surface area (Å²) in [6.45, 7) is 5.28. The van der Waals surface area contributed by atoms with E-state index in [1.807, 2.05) is 6.92 Å². The number of esters is 1. The molecule has 1 aromatic carbocycles. The number of aryl methyl sites for hydroxylation is 1. The number of carbonyl (C=O) groups excluding carboxylic acids is 1. The van der Waals surface area contributed by atoms with Crippen LogP contribution in [0.1, 0.15) is 22.8 Å². The van der Waals surface area contributed by atoms with Gasteiger partial charge in [-0.3, -0.25) is 0 Å². The van der Waals surface area contributed by atoms with Gasteiger partial charge in [-0.25, -0.2) is 17.9 Å². The van der Waals surface area contributed by atoms with Crippen LogP contribution in [-0.4, -0.2) is 41.1 Å². The molecule has 0 aliphatic carbocycles. The van der Waals surface area contributed by atoms with Gasteiger partial charge < -0.3 is 10.1 Å². The van der Waals surface area contributed by atoms with E-state index in [2.05, 4.69) is 14.8 Å². The van der Waals surface area contributed by atoms with E-state index >= 15 is 0 Å². The van der Waals surface area contributed by atoms with Gasteiger partial charge in [-0.05, 0) is 37.2 Å². The molecule has 0 atom stereocenters. The van der Waals surface area contributed by atoms with Crippen molar-refractivity contribution in [3.8, 4) is 0 Å². The van der Waals surface area contributed by atoms with E-state index in [9.17, 15) is 13.2 Å². The SMILES string of the molecule is CCNCCNS(=O)(=O)c1ccc(C(=O)OC)c(C)c1. The third-order valence-electron chi connectivity index (χ3n) is 2.76. The number of likely N-dealkylation sites (N-methyl/N-ethyl adjacent to an activating group) is 1. The smallest absolute Gasteiger partial charge is 0.338 e. The van der Waals surface area contributed by atoms with Crippen molar-refractivity contribution in [1.82, 2.24) is 10.0 Å². The summed E-state index contributed by atoms with van der Waals surface area (Å²) in [5.41, 5.74) is 0.922. The maximum atomic E-state index is 12.0. The standard InChI is InChI=1S/C13H20N2O4S/c1-4-14-7-8-15-20(17,18)11-5-6-12(10(2)9-11)13(16)19-3/h5-6,9,14-15H,4,7-8H2,1-3H3. The minimum Gasteiger partial charge on any atom is -0.465 e. The van der Waals surface area contributed by atoms with Crippen molar-refractivity contribution < 1.29 is 17.9 Å². The summed E-state index contributed by atoms with van der Waals surface area (Å²) >= 11 is 0. The van der Waals surface area contributed by atoms with Gasteiger partial charge in [0.05, 0.1) is 17.6 Å². The lowest BCUT2D eigenvalue weighted by Crippen LogP contribution is -2.31. The molecular formula is C13H20N2O4S. The number of methoxy groups -OCH3 is 1. The largest absolute Gasteiger partial charge is 0.465 e. The van der Waals surface area contributed by atoms with Gasteiger partial charge in [0.1, 0.15) is 0 Å². The van der Waals surface area contributed by atoms with Crippen molar-refractivity contribution in [2.45, 2.75) is 18.7 Å². The average Bonchev–Trinajstić information content (AvgIpc) is 2.42. The van der Waals surface area contributed by atoms with Crippen molar-refractivity contribution in [1.29, 1.82) is 0 Å². The molecular weight excluding hydrogens is 280 g/mol. The summed E-state index contributed by atoms with van der Waals surface area (Å²) in [5.74, 6) is -0.480. The van der Waals surface area contributed by atoms with Crippen LogP contribution in [0.25, 0.3) is 0 Å². The first-order valence-electron chi connectivity index (χ1n) is 6.31. The van der Waals surface area contributed by atoms with Gasteiger partial charge in [0.25, 0.3) is 0 Å². The van der Waals surface area contributed by atoms with Gasteiger partial charge in [0, 0.05) is 13.1 Å². The Morgan fingerprint density at radius 3 is 2.55 bits per heavy atom. The van der Waals surface area contributed by atoms with Crippen molar-refractivity contribution >= 4 is 16.0 Å². The molecule has 0 unspecified atom stereocenters. The second-order valence-corrected chi connectivity index (χ2v) is 5.99. The second kappa shape index (κ2) is 7.37. The first-order chi connectivity index (χ1) is 9.42. The average molecular weight is 300 g/mol. The van der Waals surface area contributed by atoms with E-state index < -0.39 is 16.0 Å². The second-order valence-electron chi connectivity index (χ2n) is 4.22. The fraction of sp³-hybridized carbons (Fsp3) is 0.462. The molecule has 0 aliphatic heterocycles. The van der Waals surface area contributed by atoms with Crippen LogP contribution in [0.4, 0.5) is 0 Å². The molecule has 112 valence electrons. The maximum absolute atomic E-state index is 12.0. The predicted octanol–water partition coefficient (Wildman–Crippen LogP) is 0.669. The van der Waals surface area contributed by atoms with Crippen LogP contribution in [0.3, 0.4) is 0 Å². The van der Waals surface area contributed by atoms with Crippen molar-refractivity contribution in [2.24, 2.45) is 0 Å². The molecule has 6 nitrogen and oxygen atoms in total. The lowest BCUT2D eigenvalue weighted by atomic mass is 10.1. The molecule has 2 N–H and O–H groups in total. The van der Waals surface area contributed by atoms with E-state index in [0.717, 1.165) is 6.54 Å². The number of rotatable bonds is 7. The summed E-state index contributed by atoms with van der Waals surface area (Å²) in [6, 6.07) is 4.32. The van der Waals surface area contributed by atoms with Gasteiger partial charge in [0.2, 0.25) is 10.0 Å². The Labute approximate surface area is 119 Å². The normalized spacial score (nSPS) is 11.3. The van der Waals surface area contributed by atoms with Crippen molar-refractivity contribution in [3.63, 3.8) is 0 Å². The van der Waals surface area contributed by atoms with Crippen LogP contribution in [0.15, 0.2) is 23.1 Å². The Morgan fingerprint density at radius 1 is 1.30 bits per heavy atom. The predicted molar refractivity (Wildman–Crippen MR) is 76.3 cm³/mol. The highest BCUT2D eigenvalue weighted by molar-refractivity contribution is 7.89. The molecule has 0 aromatic heterocycles. The lowest BCUT2D eigenvalue weighted by Gasteiger charge is -2.09. The quantitative estimate of drug-likeness (QED) is 0.571. The molecule has 0 radical (unpaired) electrons. The molecule has 0 bridgehead atoms. The van der Waals surface area contributed by atoms with Crippen LogP contribution < -0.4 is 10.0 Å². The molecule has 0 heterocycles. The van der Waals surface area contributed by atoms with E-state index in [0.29, 0.717) is 24.2 Å². The van der Waals surface area contributed by atoms with E-state index in [1.54, 1.807) is 6.92 Å². The van der Waals surface area contributed by atoms with Crippen LogP contribution in [0, 0.1) is 6.92 Å². The first-order valence-corrected chi connectivity index (χ1v) is 7.80. The Hall–Kier alpha value is -1.44. The number of hydrogen-bond donors (Lipinski definition) is 2. The summed E-state index contributed by atoms with van der Waals surface area (Å²) in [7, 11) is -2.27. The topological polar surface area (TPSA) is 84.5 Å². The fourth-order valence-corrected chi connectivity index (χ4v) is 2.79. The van der Waals surface area contributed by atoms with Gasteiger partial charge in [0.15, 0.2) is 0 Å². The molecule has 1 rings (SSSR count). The molecule has 0 saturated carbocycles. The lowest BCUT2D eigenvalue weighted by molar-refractivity contribution is 0.0600. The number of benzene rings is 1. The number of ether oxygens (including phenoxy) is 1. The zero-order valence-corrected chi connectivity index (χ0v) is 12.7. The third-order valence-corrected chi connectivity index (χ3v) is 4.22. The third kappa shape index (κ3) is 4.29. The molecule has 1 aromatic rings. The highest BCUT2D eigenvalue weighted by Gasteiger charge is 2.16. The first kappa shape index (κ1) is 16.6. The van der Waals surface area contributed by atoms with E-state index in [1.165, 1.54) is 25.3 Å². The van der Waals surface area contributed by atoms with Gasteiger partial charge in [-0.1, -0.05) is 6.92 Å². The summed E-state index contributed by atoms with van der Waals surface area (Å²) in [4.78, 5) is 11.6. The monoisotopic (exact) mass is 300 g/mol. The number of sulfonamides is 1. The number of nitrogens with one attached hydrogen (secondary N) is 2. The molecule has 0 amide bonds. The Balaban J connectivity index is 2.86. The van der Waals surface area contributed by atoms with Crippen molar-refractivity contribution in [2.75, 3.05) is 26.7 Å². The van der Waals surface area contributed by atoms with Crippen LogP contribution in [-0.2, 0) is 14.8 Å². The Morgan fingerprint density at radius 2 is 2.00 bits per heavy atom. The Kier molecular flexibility index (Phi) is 6.12.